The minimum absolute atomic E-state index is 0.0912. The van der Waals surface area contributed by atoms with E-state index in [2.05, 4.69) is 0 Å². The van der Waals surface area contributed by atoms with Crippen molar-refractivity contribution < 1.29 is 14.7 Å². The van der Waals surface area contributed by atoms with Crippen molar-refractivity contribution in [3.8, 4) is 0 Å². The number of thiophene rings is 2. The second kappa shape index (κ2) is 5.31. The Bertz CT molecular complexity index is 788. The number of amides is 1. The normalized spacial score (nSPS) is 10.7. The summed E-state index contributed by atoms with van der Waals surface area (Å²) in [4.78, 5) is 25.5. The highest BCUT2D eigenvalue weighted by molar-refractivity contribution is 7.27. The molecule has 1 aromatic carbocycles. The number of anilines is 1. The Morgan fingerprint density at radius 1 is 1.10 bits per heavy atom. The molecule has 0 unspecified atom stereocenters. The lowest BCUT2D eigenvalue weighted by molar-refractivity contribution is 0.0696. The van der Waals surface area contributed by atoms with Crippen LogP contribution in [0.4, 0.5) is 5.69 Å². The summed E-state index contributed by atoms with van der Waals surface area (Å²) in [5, 5.41) is 10.9. The minimum atomic E-state index is -0.978. The maximum Gasteiger partial charge on any atom is 0.335 e. The van der Waals surface area contributed by atoms with Gasteiger partial charge in [-0.1, -0.05) is 0 Å². The van der Waals surface area contributed by atoms with E-state index in [1.54, 1.807) is 30.5 Å². The van der Waals surface area contributed by atoms with E-state index in [1.165, 1.54) is 28.4 Å². The summed E-state index contributed by atoms with van der Waals surface area (Å²) in [7, 11) is 1.69. The number of carbonyl (C=O) groups excluding carboxylic acids is 1. The topological polar surface area (TPSA) is 57.6 Å². The van der Waals surface area contributed by atoms with E-state index >= 15 is 0 Å². The molecule has 3 aromatic rings. The first-order valence-corrected chi connectivity index (χ1v) is 7.84. The Labute approximate surface area is 128 Å². The summed E-state index contributed by atoms with van der Waals surface area (Å²) >= 11 is 3.08. The third kappa shape index (κ3) is 2.55. The summed E-state index contributed by atoms with van der Waals surface area (Å²) in [6.07, 6.45) is 0. The first-order valence-electron chi connectivity index (χ1n) is 6.15. The van der Waals surface area contributed by atoms with Crippen LogP contribution in [-0.4, -0.2) is 24.0 Å². The van der Waals surface area contributed by atoms with Crippen LogP contribution in [0.1, 0.15) is 20.0 Å². The Morgan fingerprint density at radius 3 is 2.43 bits per heavy atom. The second-order valence-corrected chi connectivity index (χ2v) is 6.51. The number of carboxylic acids is 1. The number of carboxylic acid groups (broad SMARTS) is 1. The zero-order valence-electron chi connectivity index (χ0n) is 11.1. The molecule has 0 fully saturated rings. The molecule has 2 heterocycles. The molecule has 0 spiro atoms. The van der Waals surface area contributed by atoms with Gasteiger partial charge in [0.05, 0.1) is 10.4 Å². The number of nitrogens with zero attached hydrogens (tertiary/aromatic N) is 1. The SMILES string of the molecule is CN(C(=O)c1cc2sccc2s1)c1ccc(C(=O)O)cc1. The van der Waals surface area contributed by atoms with E-state index in [1.807, 2.05) is 17.5 Å². The summed E-state index contributed by atoms with van der Waals surface area (Å²) < 4.78 is 2.22. The number of rotatable bonds is 3. The van der Waals surface area contributed by atoms with Gasteiger partial charge in [-0.25, -0.2) is 4.79 Å². The molecule has 4 nitrogen and oxygen atoms in total. The van der Waals surface area contributed by atoms with E-state index < -0.39 is 5.97 Å². The van der Waals surface area contributed by atoms with Gasteiger partial charge in [0.2, 0.25) is 0 Å². The largest absolute Gasteiger partial charge is 0.478 e. The molecule has 1 N–H and O–H groups in total. The van der Waals surface area contributed by atoms with Crippen LogP contribution >= 0.6 is 22.7 Å². The highest BCUT2D eigenvalue weighted by Gasteiger charge is 2.17. The predicted octanol–water partition coefficient (Wildman–Crippen LogP) is 3.94. The molecule has 0 radical (unpaired) electrons. The number of hydrogen-bond donors (Lipinski definition) is 1. The quantitative estimate of drug-likeness (QED) is 0.796. The highest BCUT2D eigenvalue weighted by atomic mass is 32.1. The predicted molar refractivity (Wildman–Crippen MR) is 85.8 cm³/mol. The average Bonchev–Trinajstić information content (AvgIpc) is 3.07. The monoisotopic (exact) mass is 317 g/mol. The van der Waals surface area contributed by atoms with Crippen molar-refractivity contribution in [3.63, 3.8) is 0 Å². The fourth-order valence-corrected chi connectivity index (χ4v) is 4.07. The third-order valence-electron chi connectivity index (χ3n) is 3.16. The summed E-state index contributed by atoms with van der Waals surface area (Å²) in [6, 6.07) is 10.2. The third-order valence-corrected chi connectivity index (χ3v) is 5.24. The van der Waals surface area contributed by atoms with Gasteiger partial charge in [-0.2, -0.15) is 0 Å². The van der Waals surface area contributed by atoms with Crippen LogP contribution in [0.3, 0.4) is 0 Å². The first-order chi connectivity index (χ1) is 10.1. The molecule has 3 rings (SSSR count). The lowest BCUT2D eigenvalue weighted by Gasteiger charge is -2.16. The Balaban J connectivity index is 1.86. The molecule has 0 saturated heterocycles. The Kier molecular flexibility index (Phi) is 3.48. The molecule has 0 aliphatic heterocycles. The maximum atomic E-state index is 12.5. The van der Waals surface area contributed by atoms with Gasteiger partial charge in [0.1, 0.15) is 0 Å². The molecule has 6 heteroatoms. The van der Waals surface area contributed by atoms with Crippen LogP contribution in [-0.2, 0) is 0 Å². The van der Waals surface area contributed by atoms with Gasteiger partial charge in [0.15, 0.2) is 0 Å². The molecular weight excluding hydrogens is 306 g/mol. The van der Waals surface area contributed by atoms with E-state index in [0.29, 0.717) is 10.6 Å². The summed E-state index contributed by atoms with van der Waals surface area (Å²) in [5.41, 5.74) is 0.873. The number of benzene rings is 1. The average molecular weight is 317 g/mol. The lowest BCUT2D eigenvalue weighted by Crippen LogP contribution is -2.25. The van der Waals surface area contributed by atoms with Crippen molar-refractivity contribution in [1.29, 1.82) is 0 Å². The molecule has 0 bridgehead atoms. The molecule has 106 valence electrons. The molecule has 21 heavy (non-hydrogen) atoms. The van der Waals surface area contributed by atoms with Gasteiger partial charge < -0.3 is 10.0 Å². The van der Waals surface area contributed by atoms with Gasteiger partial charge >= 0.3 is 5.97 Å². The molecule has 0 atom stereocenters. The van der Waals surface area contributed by atoms with E-state index in [9.17, 15) is 9.59 Å². The fraction of sp³-hybridized carbons (Fsp3) is 0.0667. The van der Waals surface area contributed by atoms with Crippen LogP contribution in [0.2, 0.25) is 0 Å². The van der Waals surface area contributed by atoms with E-state index in [0.717, 1.165) is 9.40 Å². The van der Waals surface area contributed by atoms with Crippen LogP contribution in [0, 0.1) is 0 Å². The van der Waals surface area contributed by atoms with Crippen LogP contribution < -0.4 is 4.90 Å². The number of aromatic carboxylic acids is 1. The molecular formula is C15H11NO3S2. The van der Waals surface area contributed by atoms with Crippen molar-refractivity contribution in [3.05, 3.63) is 52.2 Å². The minimum Gasteiger partial charge on any atom is -0.478 e. The van der Waals surface area contributed by atoms with Crippen LogP contribution in [0.25, 0.3) is 9.40 Å². The first kappa shape index (κ1) is 13.8. The molecule has 0 saturated carbocycles. The standard InChI is InChI=1S/C15H11NO3S2/c1-16(10-4-2-9(3-5-10)15(18)19)14(17)13-8-12-11(21-13)6-7-20-12/h2-8H,1H3,(H,18,19). The van der Waals surface area contributed by atoms with Crippen LogP contribution in [0.5, 0.6) is 0 Å². The zero-order chi connectivity index (χ0) is 15.0. The van der Waals surface area contributed by atoms with Gasteiger partial charge in [-0.05, 0) is 41.8 Å². The number of carbonyl (C=O) groups is 2. The molecule has 0 aliphatic rings. The second-order valence-electron chi connectivity index (χ2n) is 4.48. The lowest BCUT2D eigenvalue weighted by atomic mass is 10.2. The smallest absolute Gasteiger partial charge is 0.335 e. The van der Waals surface area contributed by atoms with E-state index in [-0.39, 0.29) is 11.5 Å². The van der Waals surface area contributed by atoms with Crippen molar-refractivity contribution in [2.45, 2.75) is 0 Å². The fourth-order valence-electron chi connectivity index (χ4n) is 1.98. The molecule has 0 aliphatic carbocycles. The van der Waals surface area contributed by atoms with Gasteiger partial charge in [-0.15, -0.1) is 22.7 Å². The number of fused-ring (bicyclic) bond motifs is 1. The van der Waals surface area contributed by atoms with Crippen molar-refractivity contribution in [2.24, 2.45) is 0 Å². The molecule has 1 amide bonds. The summed E-state index contributed by atoms with van der Waals surface area (Å²) in [6.45, 7) is 0. The van der Waals surface area contributed by atoms with Crippen molar-refractivity contribution >= 4 is 49.6 Å². The zero-order valence-corrected chi connectivity index (χ0v) is 12.7. The van der Waals surface area contributed by atoms with Crippen molar-refractivity contribution in [2.75, 3.05) is 11.9 Å². The molecule has 2 aromatic heterocycles. The Morgan fingerprint density at radius 2 is 1.81 bits per heavy atom. The highest BCUT2D eigenvalue weighted by Crippen LogP contribution is 2.31. The van der Waals surface area contributed by atoms with E-state index in [4.69, 9.17) is 5.11 Å². The van der Waals surface area contributed by atoms with Gasteiger partial charge in [0.25, 0.3) is 5.91 Å². The Hall–Kier alpha value is -2.18. The number of hydrogen-bond acceptors (Lipinski definition) is 4. The van der Waals surface area contributed by atoms with Crippen LogP contribution in [0.15, 0.2) is 41.8 Å². The van der Waals surface area contributed by atoms with Gasteiger partial charge in [0, 0.05) is 22.1 Å². The summed E-state index contributed by atoms with van der Waals surface area (Å²) in [5.74, 6) is -1.07. The maximum absolute atomic E-state index is 12.5. The van der Waals surface area contributed by atoms with Crippen molar-refractivity contribution in [1.82, 2.24) is 0 Å². The van der Waals surface area contributed by atoms with Gasteiger partial charge in [-0.3, -0.25) is 4.79 Å².